The van der Waals surface area contributed by atoms with Gasteiger partial charge in [0, 0.05) is 6.42 Å². The monoisotopic (exact) mass is 258 g/mol. The summed E-state index contributed by atoms with van der Waals surface area (Å²) >= 11 is 1.77. The van der Waals surface area contributed by atoms with Crippen molar-refractivity contribution in [3.63, 3.8) is 0 Å². The van der Waals surface area contributed by atoms with E-state index >= 15 is 0 Å². The van der Waals surface area contributed by atoms with Crippen LogP contribution < -0.4 is 0 Å². The third-order valence-corrected chi connectivity index (χ3v) is 4.04. The SMILES string of the molecule is CCCCCCCCCCC(=O)CSC(C)C. The molecule has 0 rings (SSSR count). The number of Topliss-reactive ketones (excluding diaryl/α,β-unsaturated/α-hetero) is 1. The van der Waals surface area contributed by atoms with E-state index in [2.05, 4.69) is 20.8 Å². The van der Waals surface area contributed by atoms with Crippen LogP contribution >= 0.6 is 11.8 Å². The Hall–Kier alpha value is 0.0200. The van der Waals surface area contributed by atoms with E-state index in [1.807, 2.05) is 0 Å². The van der Waals surface area contributed by atoms with Gasteiger partial charge in [0.2, 0.25) is 0 Å². The minimum Gasteiger partial charge on any atom is -0.299 e. The molecule has 0 aromatic heterocycles. The lowest BCUT2D eigenvalue weighted by atomic mass is 10.1. The van der Waals surface area contributed by atoms with Gasteiger partial charge < -0.3 is 0 Å². The Morgan fingerprint density at radius 1 is 0.941 bits per heavy atom. The first-order valence-corrected chi connectivity index (χ1v) is 8.35. The van der Waals surface area contributed by atoms with Crippen LogP contribution in [0, 0.1) is 0 Å². The molecule has 0 bridgehead atoms. The van der Waals surface area contributed by atoms with E-state index in [1.165, 1.54) is 44.9 Å². The number of hydrogen-bond acceptors (Lipinski definition) is 2. The van der Waals surface area contributed by atoms with Gasteiger partial charge in [-0.2, -0.15) is 11.8 Å². The Labute approximate surface area is 112 Å². The number of carbonyl (C=O) groups excluding carboxylic acids is 1. The van der Waals surface area contributed by atoms with E-state index in [0.29, 0.717) is 16.8 Å². The van der Waals surface area contributed by atoms with Gasteiger partial charge in [0.05, 0.1) is 5.75 Å². The Kier molecular flexibility index (Phi) is 12.5. The average Bonchev–Trinajstić information content (AvgIpc) is 2.30. The number of hydrogen-bond donors (Lipinski definition) is 0. The van der Waals surface area contributed by atoms with Crippen LogP contribution in [0.3, 0.4) is 0 Å². The standard InChI is InChI=1S/C15H30OS/c1-4-5-6-7-8-9-10-11-12-15(16)13-17-14(2)3/h14H,4-13H2,1-3H3. The molecule has 0 aromatic rings. The fourth-order valence-electron chi connectivity index (χ4n) is 1.79. The van der Waals surface area contributed by atoms with Crippen molar-refractivity contribution in [2.45, 2.75) is 83.8 Å². The highest BCUT2D eigenvalue weighted by atomic mass is 32.2. The number of unbranched alkanes of at least 4 members (excludes halogenated alkanes) is 7. The topological polar surface area (TPSA) is 17.1 Å². The molecule has 2 heteroatoms. The molecule has 0 amide bonds. The maximum Gasteiger partial charge on any atom is 0.142 e. The highest BCUT2D eigenvalue weighted by Crippen LogP contribution is 2.13. The lowest BCUT2D eigenvalue weighted by Gasteiger charge is -2.04. The molecule has 0 N–H and O–H groups in total. The second kappa shape index (κ2) is 12.5. The zero-order valence-electron chi connectivity index (χ0n) is 12.0. The third-order valence-electron chi connectivity index (χ3n) is 2.89. The van der Waals surface area contributed by atoms with Crippen LogP contribution in [0.25, 0.3) is 0 Å². The van der Waals surface area contributed by atoms with Crippen LogP contribution in [0.4, 0.5) is 0 Å². The van der Waals surface area contributed by atoms with E-state index < -0.39 is 0 Å². The first-order chi connectivity index (χ1) is 8.16. The summed E-state index contributed by atoms with van der Waals surface area (Å²) in [6.07, 6.45) is 11.3. The van der Waals surface area contributed by atoms with Crippen molar-refractivity contribution < 1.29 is 4.79 Å². The van der Waals surface area contributed by atoms with Crippen LogP contribution in [0.1, 0.15) is 78.6 Å². The molecular weight excluding hydrogens is 228 g/mol. The summed E-state index contributed by atoms with van der Waals surface area (Å²) in [5.41, 5.74) is 0. The smallest absolute Gasteiger partial charge is 0.142 e. The largest absolute Gasteiger partial charge is 0.299 e. The zero-order valence-corrected chi connectivity index (χ0v) is 12.8. The van der Waals surface area contributed by atoms with E-state index in [1.54, 1.807) is 11.8 Å². The molecule has 17 heavy (non-hydrogen) atoms. The molecule has 0 unspecified atom stereocenters. The molecule has 1 nitrogen and oxygen atoms in total. The average molecular weight is 258 g/mol. The van der Waals surface area contributed by atoms with Crippen molar-refractivity contribution >= 4 is 17.5 Å². The van der Waals surface area contributed by atoms with Crippen LogP contribution in [0.2, 0.25) is 0 Å². The van der Waals surface area contributed by atoms with E-state index in [4.69, 9.17) is 0 Å². The second-order valence-electron chi connectivity index (χ2n) is 5.12. The highest BCUT2D eigenvalue weighted by Gasteiger charge is 2.03. The molecular formula is C15H30OS. The summed E-state index contributed by atoms with van der Waals surface area (Å²) in [6.45, 7) is 6.54. The van der Waals surface area contributed by atoms with Crippen molar-refractivity contribution in [1.29, 1.82) is 0 Å². The Morgan fingerprint density at radius 2 is 1.47 bits per heavy atom. The van der Waals surface area contributed by atoms with Crippen molar-refractivity contribution in [3.8, 4) is 0 Å². The molecule has 0 saturated carbocycles. The number of rotatable bonds is 12. The number of carbonyl (C=O) groups is 1. The first-order valence-electron chi connectivity index (χ1n) is 7.30. The van der Waals surface area contributed by atoms with E-state index in [0.717, 1.165) is 12.8 Å². The molecule has 0 aliphatic carbocycles. The fraction of sp³-hybridized carbons (Fsp3) is 0.933. The van der Waals surface area contributed by atoms with Gasteiger partial charge in [-0.3, -0.25) is 4.79 Å². The molecule has 0 atom stereocenters. The third kappa shape index (κ3) is 14.0. The predicted octanol–water partition coefficient (Wildman–Crippen LogP) is 5.23. The van der Waals surface area contributed by atoms with Gasteiger partial charge in [-0.1, -0.05) is 65.7 Å². The van der Waals surface area contributed by atoms with Gasteiger partial charge in [-0.25, -0.2) is 0 Å². The summed E-state index contributed by atoms with van der Waals surface area (Å²) in [5, 5.41) is 0.581. The van der Waals surface area contributed by atoms with Gasteiger partial charge in [0.15, 0.2) is 0 Å². The lowest BCUT2D eigenvalue weighted by molar-refractivity contribution is -0.116. The highest BCUT2D eigenvalue weighted by molar-refractivity contribution is 8.00. The maximum absolute atomic E-state index is 11.5. The quantitative estimate of drug-likeness (QED) is 0.446. The summed E-state index contributed by atoms with van der Waals surface area (Å²) in [4.78, 5) is 11.5. The van der Waals surface area contributed by atoms with E-state index in [9.17, 15) is 4.79 Å². The summed E-state index contributed by atoms with van der Waals surface area (Å²) in [5.74, 6) is 1.16. The van der Waals surface area contributed by atoms with Gasteiger partial charge in [-0.15, -0.1) is 0 Å². The van der Waals surface area contributed by atoms with Crippen LogP contribution in [-0.4, -0.2) is 16.8 Å². The minimum absolute atomic E-state index is 0.440. The molecule has 0 saturated heterocycles. The summed E-state index contributed by atoms with van der Waals surface area (Å²) in [7, 11) is 0. The Balaban J connectivity index is 3.14. The molecule has 0 spiro atoms. The lowest BCUT2D eigenvalue weighted by Crippen LogP contribution is -2.03. The molecule has 0 aliphatic rings. The Morgan fingerprint density at radius 3 is 2.00 bits per heavy atom. The normalized spacial score (nSPS) is 11.1. The zero-order chi connectivity index (χ0) is 12.9. The van der Waals surface area contributed by atoms with Crippen molar-refractivity contribution in [2.24, 2.45) is 0 Å². The molecule has 102 valence electrons. The second-order valence-corrected chi connectivity index (χ2v) is 6.69. The molecule has 0 aromatic carbocycles. The van der Waals surface area contributed by atoms with Gasteiger partial charge >= 0.3 is 0 Å². The molecule has 0 aliphatic heterocycles. The Bertz CT molecular complexity index is 178. The molecule has 0 heterocycles. The first kappa shape index (κ1) is 17.0. The van der Waals surface area contributed by atoms with Crippen LogP contribution in [0.5, 0.6) is 0 Å². The maximum atomic E-state index is 11.5. The fourth-order valence-corrected chi connectivity index (χ4v) is 2.45. The summed E-state index contributed by atoms with van der Waals surface area (Å²) < 4.78 is 0. The molecule has 0 radical (unpaired) electrons. The number of ketones is 1. The van der Waals surface area contributed by atoms with Crippen molar-refractivity contribution in [1.82, 2.24) is 0 Å². The van der Waals surface area contributed by atoms with Gasteiger partial charge in [0.1, 0.15) is 5.78 Å². The van der Waals surface area contributed by atoms with Crippen molar-refractivity contribution in [3.05, 3.63) is 0 Å². The van der Waals surface area contributed by atoms with E-state index in [-0.39, 0.29) is 0 Å². The minimum atomic E-state index is 0.440. The van der Waals surface area contributed by atoms with Gasteiger partial charge in [-0.05, 0) is 11.7 Å². The van der Waals surface area contributed by atoms with Crippen molar-refractivity contribution in [2.75, 3.05) is 5.75 Å². The predicted molar refractivity (Wildman–Crippen MR) is 79.8 cm³/mol. The van der Waals surface area contributed by atoms with Gasteiger partial charge in [0.25, 0.3) is 0 Å². The van der Waals surface area contributed by atoms with Crippen LogP contribution in [-0.2, 0) is 4.79 Å². The van der Waals surface area contributed by atoms with Crippen LogP contribution in [0.15, 0.2) is 0 Å². The number of thioether (sulfide) groups is 1. The molecule has 0 fully saturated rings. The summed E-state index contributed by atoms with van der Waals surface area (Å²) in [6, 6.07) is 0.